The summed E-state index contributed by atoms with van der Waals surface area (Å²) in [6, 6.07) is 3.76. The van der Waals surface area contributed by atoms with Crippen molar-refractivity contribution in [3.63, 3.8) is 0 Å². The fourth-order valence-electron chi connectivity index (χ4n) is 3.24. The zero-order valence-corrected chi connectivity index (χ0v) is 12.9. The van der Waals surface area contributed by atoms with Crippen LogP contribution in [0.4, 0.5) is 11.6 Å². The van der Waals surface area contributed by atoms with Gasteiger partial charge in [-0.1, -0.05) is 0 Å². The summed E-state index contributed by atoms with van der Waals surface area (Å²) >= 11 is 0. The van der Waals surface area contributed by atoms with E-state index in [0.717, 1.165) is 40.9 Å². The number of anilines is 2. The van der Waals surface area contributed by atoms with E-state index >= 15 is 0 Å². The molecule has 4 heterocycles. The first-order valence-corrected chi connectivity index (χ1v) is 7.72. The number of rotatable bonds is 3. The molecule has 1 atom stereocenters. The highest BCUT2D eigenvalue weighted by molar-refractivity contribution is 6.02. The number of hydrogen-bond donors (Lipinski definition) is 3. The lowest BCUT2D eigenvalue weighted by Crippen LogP contribution is -2.27. The van der Waals surface area contributed by atoms with Crippen LogP contribution < -0.4 is 16.4 Å². The van der Waals surface area contributed by atoms with Crippen LogP contribution in [0.25, 0.3) is 22.3 Å². The number of aromatic amines is 1. The first-order valence-electron chi connectivity index (χ1n) is 7.72. The Morgan fingerprint density at radius 1 is 1.29 bits per heavy atom. The van der Waals surface area contributed by atoms with Gasteiger partial charge in [-0.25, -0.2) is 15.0 Å². The van der Waals surface area contributed by atoms with Crippen LogP contribution in [0.3, 0.4) is 0 Å². The average Bonchev–Trinajstić information content (AvgIpc) is 3.22. The minimum Gasteiger partial charge on any atom is -0.370 e. The van der Waals surface area contributed by atoms with Crippen LogP contribution in [0.2, 0.25) is 0 Å². The van der Waals surface area contributed by atoms with Gasteiger partial charge in [-0.2, -0.15) is 0 Å². The van der Waals surface area contributed by atoms with Gasteiger partial charge in [0.15, 0.2) is 0 Å². The highest BCUT2D eigenvalue weighted by atomic mass is 16.1. The van der Waals surface area contributed by atoms with Crippen molar-refractivity contribution in [1.29, 1.82) is 0 Å². The normalized spacial score (nSPS) is 17.5. The van der Waals surface area contributed by atoms with E-state index in [2.05, 4.69) is 24.8 Å². The third kappa shape index (κ3) is 2.32. The fraction of sp³-hybridized carbons (Fsp3) is 0.250. The molecule has 4 rings (SSSR count). The van der Waals surface area contributed by atoms with E-state index in [-0.39, 0.29) is 17.8 Å². The molecule has 1 aliphatic heterocycles. The highest BCUT2D eigenvalue weighted by Crippen LogP contribution is 2.36. The Balaban J connectivity index is 1.82. The van der Waals surface area contributed by atoms with Crippen LogP contribution >= 0.6 is 0 Å². The monoisotopic (exact) mass is 323 g/mol. The Hall–Kier alpha value is -3.16. The average molecular weight is 323 g/mol. The number of aromatic nitrogens is 4. The van der Waals surface area contributed by atoms with Crippen molar-refractivity contribution in [2.24, 2.45) is 11.7 Å². The summed E-state index contributed by atoms with van der Waals surface area (Å²) in [6.07, 6.45) is 6.01. The maximum atomic E-state index is 11.5. The van der Waals surface area contributed by atoms with Crippen molar-refractivity contribution < 1.29 is 4.79 Å². The Kier molecular flexibility index (Phi) is 3.30. The molecule has 1 aliphatic rings. The number of nitrogens with zero attached hydrogens (tertiary/aromatic N) is 4. The van der Waals surface area contributed by atoms with Gasteiger partial charge in [0, 0.05) is 37.2 Å². The predicted molar refractivity (Wildman–Crippen MR) is 91.0 cm³/mol. The third-order valence-electron chi connectivity index (χ3n) is 4.43. The molecule has 3 aromatic heterocycles. The van der Waals surface area contributed by atoms with Crippen LogP contribution in [0.1, 0.15) is 6.42 Å². The second-order valence-electron chi connectivity index (χ2n) is 5.89. The summed E-state index contributed by atoms with van der Waals surface area (Å²) in [6.45, 7) is 1.40. The first kappa shape index (κ1) is 14.4. The number of fused-ring (bicyclic) bond motifs is 1. The van der Waals surface area contributed by atoms with Crippen molar-refractivity contribution in [2.75, 3.05) is 23.7 Å². The van der Waals surface area contributed by atoms with E-state index < -0.39 is 0 Å². The van der Waals surface area contributed by atoms with E-state index in [9.17, 15) is 4.79 Å². The van der Waals surface area contributed by atoms with Gasteiger partial charge in [0.2, 0.25) is 11.9 Å². The van der Waals surface area contributed by atoms with Gasteiger partial charge in [0.25, 0.3) is 0 Å². The van der Waals surface area contributed by atoms with Gasteiger partial charge in [0.05, 0.1) is 22.7 Å². The zero-order valence-electron chi connectivity index (χ0n) is 12.9. The molecule has 1 fully saturated rings. The first-order chi connectivity index (χ1) is 11.6. The minimum absolute atomic E-state index is 0.120. The largest absolute Gasteiger partial charge is 0.370 e. The van der Waals surface area contributed by atoms with Gasteiger partial charge >= 0.3 is 0 Å². The molecule has 1 amide bonds. The molecule has 3 aromatic rings. The number of carbonyl (C=O) groups is 1. The van der Waals surface area contributed by atoms with E-state index in [1.807, 2.05) is 18.3 Å². The molecule has 8 heteroatoms. The summed E-state index contributed by atoms with van der Waals surface area (Å²) in [5.41, 5.74) is 14.6. The van der Waals surface area contributed by atoms with Crippen LogP contribution in [0, 0.1) is 5.92 Å². The molecule has 8 nitrogen and oxygen atoms in total. The van der Waals surface area contributed by atoms with E-state index in [1.165, 1.54) is 0 Å². The van der Waals surface area contributed by atoms with Crippen molar-refractivity contribution >= 4 is 28.6 Å². The number of nitrogen functional groups attached to an aromatic ring is 1. The molecule has 0 aromatic carbocycles. The lowest BCUT2D eigenvalue weighted by atomic mass is 10.1. The zero-order chi connectivity index (χ0) is 16.7. The molecule has 0 unspecified atom stereocenters. The summed E-state index contributed by atoms with van der Waals surface area (Å²) in [7, 11) is 0. The van der Waals surface area contributed by atoms with Crippen molar-refractivity contribution in [3.05, 3.63) is 30.7 Å². The molecule has 24 heavy (non-hydrogen) atoms. The topological polar surface area (TPSA) is 127 Å². The number of pyridine rings is 1. The Bertz CT molecular complexity index is 920. The highest BCUT2D eigenvalue weighted by Gasteiger charge is 2.28. The summed E-state index contributed by atoms with van der Waals surface area (Å²) in [5, 5.41) is 0.959. The van der Waals surface area contributed by atoms with E-state index in [0.29, 0.717) is 6.54 Å². The summed E-state index contributed by atoms with van der Waals surface area (Å²) < 4.78 is 0. The number of primary amides is 1. The van der Waals surface area contributed by atoms with Crippen LogP contribution in [0.15, 0.2) is 30.7 Å². The number of hydrogen-bond acceptors (Lipinski definition) is 6. The lowest BCUT2D eigenvalue weighted by Gasteiger charge is -2.19. The van der Waals surface area contributed by atoms with Crippen LogP contribution in [0.5, 0.6) is 0 Å². The Morgan fingerprint density at radius 3 is 2.88 bits per heavy atom. The molecular weight excluding hydrogens is 306 g/mol. The van der Waals surface area contributed by atoms with Gasteiger partial charge in [-0.3, -0.25) is 4.79 Å². The second-order valence-corrected chi connectivity index (χ2v) is 5.89. The Labute approximate surface area is 137 Å². The molecule has 0 saturated carbocycles. The smallest absolute Gasteiger partial charge is 0.222 e. The van der Waals surface area contributed by atoms with Crippen molar-refractivity contribution in [2.45, 2.75) is 6.42 Å². The van der Waals surface area contributed by atoms with Gasteiger partial charge in [0.1, 0.15) is 5.65 Å². The van der Waals surface area contributed by atoms with Gasteiger partial charge in [-0.15, -0.1) is 0 Å². The molecule has 0 bridgehead atoms. The van der Waals surface area contributed by atoms with E-state index in [1.54, 1.807) is 12.4 Å². The molecule has 0 radical (unpaired) electrons. The lowest BCUT2D eigenvalue weighted by molar-refractivity contribution is -0.121. The van der Waals surface area contributed by atoms with E-state index in [4.69, 9.17) is 11.5 Å². The molecular formula is C16H17N7O. The minimum atomic E-state index is -0.249. The number of amides is 1. The molecule has 5 N–H and O–H groups in total. The number of H-pyrrole nitrogens is 1. The van der Waals surface area contributed by atoms with Crippen molar-refractivity contribution in [1.82, 2.24) is 19.9 Å². The SMILES string of the molecule is NC(=O)[C@H]1CCN(c2ccnc3[nH]cc(-c4ccnc(N)n4)c23)C1. The molecule has 1 saturated heterocycles. The number of nitrogens with two attached hydrogens (primary N) is 2. The number of carbonyl (C=O) groups excluding carboxylic acids is 1. The molecule has 122 valence electrons. The number of nitrogens with one attached hydrogen (secondary N) is 1. The molecule has 0 aliphatic carbocycles. The van der Waals surface area contributed by atoms with Crippen LogP contribution in [-0.2, 0) is 4.79 Å². The fourth-order valence-corrected chi connectivity index (χ4v) is 3.24. The maximum Gasteiger partial charge on any atom is 0.222 e. The third-order valence-corrected chi connectivity index (χ3v) is 4.43. The Morgan fingerprint density at radius 2 is 2.12 bits per heavy atom. The quantitative estimate of drug-likeness (QED) is 0.657. The van der Waals surface area contributed by atoms with Crippen molar-refractivity contribution in [3.8, 4) is 11.3 Å². The second kappa shape index (κ2) is 5.48. The maximum absolute atomic E-state index is 11.5. The summed E-state index contributed by atoms with van der Waals surface area (Å²) in [4.78, 5) is 29.4. The van der Waals surface area contributed by atoms with Crippen LogP contribution in [-0.4, -0.2) is 38.9 Å². The van der Waals surface area contributed by atoms with Gasteiger partial charge in [-0.05, 0) is 18.6 Å². The molecule has 0 spiro atoms. The van der Waals surface area contributed by atoms with Gasteiger partial charge < -0.3 is 21.4 Å². The summed E-state index contributed by atoms with van der Waals surface area (Å²) in [5.74, 6) is -0.145. The standard InChI is InChI=1S/C16H17N7O/c17-14(24)9-3-6-23(8-9)12-2-5-19-15-13(12)10(7-21-15)11-1-4-20-16(18)22-11/h1-2,4-5,7,9H,3,6,8H2,(H2,17,24)(H,19,21)(H2,18,20,22)/t9-/m0/s1. The predicted octanol–water partition coefficient (Wildman–Crippen LogP) is 0.914.